The Morgan fingerprint density at radius 2 is 1.85 bits per heavy atom. The van der Waals surface area contributed by atoms with Crippen molar-refractivity contribution in [3.63, 3.8) is 0 Å². The number of aromatic nitrogens is 2. The van der Waals surface area contributed by atoms with Gasteiger partial charge in [-0.05, 0) is 51.5 Å². The van der Waals surface area contributed by atoms with Gasteiger partial charge < -0.3 is 14.5 Å². The molecule has 2 aliphatic heterocycles. The van der Waals surface area contributed by atoms with Crippen molar-refractivity contribution in [2.45, 2.75) is 58.0 Å². The summed E-state index contributed by atoms with van der Waals surface area (Å²) < 4.78 is 6.27. The van der Waals surface area contributed by atoms with E-state index in [-0.39, 0.29) is 11.5 Å². The fourth-order valence-corrected chi connectivity index (χ4v) is 4.40. The van der Waals surface area contributed by atoms with Crippen LogP contribution in [0.2, 0.25) is 0 Å². The first-order chi connectivity index (χ1) is 12.5. The Morgan fingerprint density at radius 3 is 2.46 bits per heavy atom. The van der Waals surface area contributed by atoms with Crippen LogP contribution in [-0.2, 0) is 9.53 Å². The Kier molecular flexibility index (Phi) is 4.86. The Bertz CT molecular complexity index is 646. The lowest BCUT2D eigenvalue weighted by Crippen LogP contribution is -2.48. The average molecular weight is 358 g/mol. The molecule has 1 aromatic heterocycles. The van der Waals surface area contributed by atoms with Crippen LogP contribution in [0.5, 0.6) is 0 Å². The molecule has 0 aromatic carbocycles. The number of nitrogens with zero attached hydrogens (tertiary/aromatic N) is 4. The molecule has 6 heteroatoms. The topological polar surface area (TPSA) is 58.6 Å². The molecule has 1 saturated carbocycles. The van der Waals surface area contributed by atoms with Gasteiger partial charge in [-0.1, -0.05) is 6.42 Å². The fourth-order valence-electron chi connectivity index (χ4n) is 4.40. The number of amides is 1. The molecule has 1 spiro atoms. The van der Waals surface area contributed by atoms with Crippen LogP contribution in [0.4, 0.5) is 5.95 Å². The van der Waals surface area contributed by atoms with Gasteiger partial charge in [0, 0.05) is 37.6 Å². The molecule has 2 saturated heterocycles. The van der Waals surface area contributed by atoms with Gasteiger partial charge in [-0.2, -0.15) is 0 Å². The number of hydrogen-bond acceptors (Lipinski definition) is 5. The van der Waals surface area contributed by atoms with E-state index in [4.69, 9.17) is 4.74 Å². The highest BCUT2D eigenvalue weighted by Crippen LogP contribution is 2.34. The highest BCUT2D eigenvalue weighted by molar-refractivity contribution is 5.77. The van der Waals surface area contributed by atoms with E-state index < -0.39 is 0 Å². The van der Waals surface area contributed by atoms with Gasteiger partial charge in [-0.15, -0.1) is 0 Å². The number of anilines is 1. The summed E-state index contributed by atoms with van der Waals surface area (Å²) in [6.45, 7) is 8.05. The van der Waals surface area contributed by atoms with Gasteiger partial charge in [0.1, 0.15) is 0 Å². The van der Waals surface area contributed by atoms with Crippen molar-refractivity contribution >= 4 is 11.9 Å². The second-order valence-electron chi connectivity index (χ2n) is 8.28. The van der Waals surface area contributed by atoms with Crippen LogP contribution in [0.1, 0.15) is 49.9 Å². The van der Waals surface area contributed by atoms with Crippen LogP contribution in [0, 0.1) is 19.8 Å². The van der Waals surface area contributed by atoms with E-state index in [0.29, 0.717) is 13.0 Å². The molecule has 0 radical (unpaired) electrons. The third kappa shape index (κ3) is 3.70. The number of carbonyl (C=O) groups excluding carboxylic acids is 1. The quantitative estimate of drug-likeness (QED) is 0.831. The zero-order valence-electron chi connectivity index (χ0n) is 16.0. The highest BCUT2D eigenvalue weighted by Gasteiger charge is 2.41. The molecular weight excluding hydrogens is 328 g/mol. The highest BCUT2D eigenvalue weighted by atomic mass is 16.5. The third-order valence-electron chi connectivity index (χ3n) is 6.23. The van der Waals surface area contributed by atoms with Crippen LogP contribution in [-0.4, -0.2) is 59.2 Å². The second kappa shape index (κ2) is 7.14. The summed E-state index contributed by atoms with van der Waals surface area (Å²) in [5, 5.41) is 0. The van der Waals surface area contributed by atoms with E-state index in [1.165, 1.54) is 19.3 Å². The normalized spacial score (nSPS) is 23.8. The van der Waals surface area contributed by atoms with Gasteiger partial charge in [0.25, 0.3) is 0 Å². The molecular formula is C20H30N4O2. The largest absolute Gasteiger partial charge is 0.372 e. The Balaban J connectivity index is 1.38. The van der Waals surface area contributed by atoms with Crippen molar-refractivity contribution in [2.75, 3.05) is 37.7 Å². The summed E-state index contributed by atoms with van der Waals surface area (Å²) in [4.78, 5) is 26.3. The van der Waals surface area contributed by atoms with Crippen molar-refractivity contribution in [2.24, 2.45) is 5.92 Å². The maximum Gasteiger partial charge on any atom is 0.225 e. The molecule has 3 heterocycles. The van der Waals surface area contributed by atoms with E-state index in [9.17, 15) is 4.79 Å². The van der Waals surface area contributed by atoms with Crippen molar-refractivity contribution in [1.29, 1.82) is 0 Å². The maximum absolute atomic E-state index is 12.8. The lowest BCUT2D eigenvalue weighted by Gasteiger charge is -2.40. The number of piperidine rings is 1. The first-order valence-electron chi connectivity index (χ1n) is 10.0. The third-order valence-corrected chi connectivity index (χ3v) is 6.23. The van der Waals surface area contributed by atoms with Crippen LogP contribution in [0.25, 0.3) is 0 Å². The molecule has 0 atom stereocenters. The van der Waals surface area contributed by atoms with E-state index in [2.05, 4.69) is 19.8 Å². The molecule has 1 aliphatic carbocycles. The molecule has 6 nitrogen and oxygen atoms in total. The zero-order valence-corrected chi connectivity index (χ0v) is 16.0. The lowest BCUT2D eigenvalue weighted by atomic mass is 9.84. The number of ether oxygens (including phenoxy) is 1. The van der Waals surface area contributed by atoms with Gasteiger partial charge in [0.05, 0.1) is 18.6 Å². The van der Waals surface area contributed by atoms with E-state index in [1.807, 2.05) is 19.9 Å². The Hall–Kier alpha value is -1.69. The minimum absolute atomic E-state index is 0.283. The summed E-state index contributed by atoms with van der Waals surface area (Å²) in [5.74, 6) is 1.81. The van der Waals surface area contributed by atoms with E-state index in [1.54, 1.807) is 0 Å². The minimum Gasteiger partial charge on any atom is -0.372 e. The molecule has 142 valence electrons. The average Bonchev–Trinajstić information content (AvgIpc) is 2.70. The molecule has 4 rings (SSSR count). The summed E-state index contributed by atoms with van der Waals surface area (Å²) >= 11 is 0. The maximum atomic E-state index is 12.8. The van der Waals surface area contributed by atoms with Crippen LogP contribution in [0.15, 0.2) is 6.07 Å². The molecule has 26 heavy (non-hydrogen) atoms. The SMILES string of the molecule is Cc1cc(C)nc(N2CCC3(CC2)CC(=O)N(CC2CCC2)CCO3)n1. The standard InChI is InChI=1S/C20H30N4O2/c1-15-12-16(2)22-19(21-15)23-8-6-20(7-9-23)13-18(25)24(10-11-26-20)14-17-4-3-5-17/h12,17H,3-11,13-14H2,1-2H3. The van der Waals surface area contributed by atoms with Gasteiger partial charge in [-0.25, -0.2) is 9.97 Å². The molecule has 0 bridgehead atoms. The Morgan fingerprint density at radius 1 is 1.15 bits per heavy atom. The molecule has 0 N–H and O–H groups in total. The number of aryl methyl sites for hydroxylation is 2. The fraction of sp³-hybridized carbons (Fsp3) is 0.750. The molecule has 1 aromatic rings. The lowest BCUT2D eigenvalue weighted by molar-refractivity contribution is -0.135. The van der Waals surface area contributed by atoms with Crippen LogP contribution in [0.3, 0.4) is 0 Å². The first-order valence-corrected chi connectivity index (χ1v) is 10.0. The van der Waals surface area contributed by atoms with Gasteiger partial charge in [0.15, 0.2) is 0 Å². The van der Waals surface area contributed by atoms with Gasteiger partial charge >= 0.3 is 0 Å². The second-order valence-corrected chi connectivity index (χ2v) is 8.28. The van der Waals surface area contributed by atoms with Crippen molar-refractivity contribution in [1.82, 2.24) is 14.9 Å². The predicted molar refractivity (Wildman–Crippen MR) is 100 cm³/mol. The van der Waals surface area contributed by atoms with Gasteiger partial charge in [0.2, 0.25) is 11.9 Å². The van der Waals surface area contributed by atoms with Crippen LogP contribution < -0.4 is 4.90 Å². The van der Waals surface area contributed by atoms with Crippen molar-refractivity contribution < 1.29 is 9.53 Å². The van der Waals surface area contributed by atoms with Crippen molar-refractivity contribution in [3.8, 4) is 0 Å². The molecule has 3 aliphatic rings. The summed E-state index contributed by atoms with van der Waals surface area (Å²) in [6, 6.07) is 2.00. The summed E-state index contributed by atoms with van der Waals surface area (Å²) in [6.07, 6.45) is 6.14. The number of carbonyl (C=O) groups is 1. The molecule has 0 unspecified atom stereocenters. The van der Waals surface area contributed by atoms with Crippen molar-refractivity contribution in [3.05, 3.63) is 17.5 Å². The summed E-state index contributed by atoms with van der Waals surface area (Å²) in [7, 11) is 0. The zero-order chi connectivity index (χ0) is 18.1. The Labute approximate surface area is 155 Å². The molecule has 1 amide bonds. The number of hydrogen-bond donors (Lipinski definition) is 0. The minimum atomic E-state index is -0.291. The smallest absolute Gasteiger partial charge is 0.225 e. The van der Waals surface area contributed by atoms with E-state index >= 15 is 0 Å². The predicted octanol–water partition coefficient (Wildman–Crippen LogP) is 2.48. The van der Waals surface area contributed by atoms with E-state index in [0.717, 1.165) is 62.3 Å². The monoisotopic (exact) mass is 358 g/mol. The van der Waals surface area contributed by atoms with Gasteiger partial charge in [-0.3, -0.25) is 4.79 Å². The summed E-state index contributed by atoms with van der Waals surface area (Å²) in [5.41, 5.74) is 1.71. The molecule has 3 fully saturated rings. The van der Waals surface area contributed by atoms with Crippen LogP contribution >= 0.6 is 0 Å². The number of rotatable bonds is 3. The first kappa shape index (κ1) is 17.7.